The zero-order valence-electron chi connectivity index (χ0n) is 20.8. The lowest BCUT2D eigenvalue weighted by atomic mass is 10.0. The van der Waals surface area contributed by atoms with Crippen molar-refractivity contribution in [2.45, 2.75) is 31.8 Å². The fourth-order valence-corrected chi connectivity index (χ4v) is 3.67. The maximum atomic E-state index is 12.0. The normalized spacial score (nSPS) is 15.2. The Labute approximate surface area is 217 Å². The topological polar surface area (TPSA) is 72.4 Å². The summed E-state index contributed by atoms with van der Waals surface area (Å²) >= 11 is 0. The van der Waals surface area contributed by atoms with Gasteiger partial charge in [-0.25, -0.2) is 4.99 Å². The number of benzene rings is 1. The number of carbonyl (C=O) groups excluding carboxylic acids is 1. The third-order valence-electron chi connectivity index (χ3n) is 5.72. The lowest BCUT2D eigenvalue weighted by Crippen LogP contribution is -2.49. The minimum atomic E-state index is 0. The molecule has 1 fully saturated rings. The molecule has 1 aromatic carbocycles. The van der Waals surface area contributed by atoms with E-state index in [1.165, 1.54) is 5.56 Å². The molecule has 0 atom stereocenters. The lowest BCUT2D eigenvalue weighted by Gasteiger charge is -2.33. The van der Waals surface area contributed by atoms with Gasteiger partial charge >= 0.3 is 0 Å². The Morgan fingerprint density at radius 3 is 2.48 bits per heavy atom. The summed E-state index contributed by atoms with van der Waals surface area (Å²) in [5.41, 5.74) is 1.36. The lowest BCUT2D eigenvalue weighted by molar-refractivity contribution is -0.127. The zero-order valence-corrected chi connectivity index (χ0v) is 23.1. The van der Waals surface area contributed by atoms with Crippen LogP contribution in [0.5, 0.6) is 0 Å². The predicted octanol–water partition coefficient (Wildman–Crippen LogP) is 1.86. The predicted molar refractivity (Wildman–Crippen MR) is 146 cm³/mol. The molecule has 2 rings (SSSR count). The number of likely N-dealkylation sites (N-methyl/N-ethyl adjacent to an activating group) is 2. The average molecular weight is 575 g/mol. The molecule has 188 valence electrons. The van der Waals surface area contributed by atoms with E-state index in [-0.39, 0.29) is 36.4 Å². The monoisotopic (exact) mass is 574 g/mol. The highest BCUT2D eigenvalue weighted by atomic mass is 127. The number of hydrogen-bond donors (Lipinski definition) is 2. The third-order valence-corrected chi connectivity index (χ3v) is 5.72. The number of ether oxygens (including phenoxy) is 1. The Bertz CT molecular complexity index is 681. The molecule has 0 bridgehead atoms. The zero-order chi connectivity index (χ0) is 23.2. The van der Waals surface area contributed by atoms with Crippen molar-refractivity contribution >= 4 is 35.8 Å². The van der Waals surface area contributed by atoms with Crippen LogP contribution in [0.15, 0.2) is 35.3 Å². The van der Waals surface area contributed by atoms with Crippen molar-refractivity contribution < 1.29 is 9.53 Å². The maximum absolute atomic E-state index is 12.0. The number of amides is 1. The first-order valence-corrected chi connectivity index (χ1v) is 11.7. The molecule has 0 unspecified atom stereocenters. The van der Waals surface area contributed by atoms with Gasteiger partial charge in [0.15, 0.2) is 5.96 Å². The van der Waals surface area contributed by atoms with Crippen molar-refractivity contribution in [2.24, 2.45) is 4.99 Å². The molecular weight excluding hydrogens is 531 g/mol. The highest BCUT2D eigenvalue weighted by molar-refractivity contribution is 14.0. The van der Waals surface area contributed by atoms with Crippen LogP contribution in [0.3, 0.4) is 0 Å². The Hall–Kier alpha value is -1.43. The minimum Gasteiger partial charge on any atom is -0.385 e. The summed E-state index contributed by atoms with van der Waals surface area (Å²) in [4.78, 5) is 22.9. The Balaban J connectivity index is 0.00000544. The first-order valence-electron chi connectivity index (χ1n) is 11.7. The number of methoxy groups -OCH3 is 1. The number of halogens is 1. The fraction of sp³-hybridized carbons (Fsp3) is 0.667. The van der Waals surface area contributed by atoms with E-state index in [9.17, 15) is 4.79 Å². The van der Waals surface area contributed by atoms with Crippen LogP contribution in [-0.2, 0) is 16.1 Å². The SMILES string of the molecule is COCCCN(C)CCNC(=NCC(=O)N(C)C)NC1CCN(Cc2ccccc2)CC1.I. The summed E-state index contributed by atoms with van der Waals surface area (Å²) < 4.78 is 5.12. The third kappa shape index (κ3) is 12.6. The summed E-state index contributed by atoms with van der Waals surface area (Å²) in [5.74, 6) is 0.729. The molecule has 0 aromatic heterocycles. The van der Waals surface area contributed by atoms with Crippen LogP contribution >= 0.6 is 24.0 Å². The highest BCUT2D eigenvalue weighted by Crippen LogP contribution is 2.13. The number of nitrogens with zero attached hydrogens (tertiary/aromatic N) is 4. The van der Waals surface area contributed by atoms with Crippen molar-refractivity contribution in [1.29, 1.82) is 0 Å². The fourth-order valence-electron chi connectivity index (χ4n) is 3.67. The van der Waals surface area contributed by atoms with Gasteiger partial charge in [-0.2, -0.15) is 0 Å². The summed E-state index contributed by atoms with van der Waals surface area (Å²) in [6, 6.07) is 11.0. The number of aliphatic imine (C=N–C) groups is 1. The van der Waals surface area contributed by atoms with Crippen LogP contribution in [0.2, 0.25) is 0 Å². The van der Waals surface area contributed by atoms with Crippen LogP contribution in [-0.4, -0.2) is 107 Å². The molecule has 8 nitrogen and oxygen atoms in total. The first kappa shape index (κ1) is 29.6. The minimum absolute atomic E-state index is 0. The van der Waals surface area contributed by atoms with E-state index >= 15 is 0 Å². The van der Waals surface area contributed by atoms with Gasteiger partial charge in [0.1, 0.15) is 6.54 Å². The average Bonchev–Trinajstić information content (AvgIpc) is 2.79. The van der Waals surface area contributed by atoms with E-state index in [1.54, 1.807) is 26.1 Å². The second kappa shape index (κ2) is 17.1. The number of rotatable bonds is 12. The molecule has 1 aliphatic heterocycles. The molecule has 1 amide bonds. The van der Waals surface area contributed by atoms with E-state index in [0.29, 0.717) is 6.04 Å². The maximum Gasteiger partial charge on any atom is 0.243 e. The number of nitrogens with one attached hydrogen (secondary N) is 2. The summed E-state index contributed by atoms with van der Waals surface area (Å²) in [6.07, 6.45) is 3.14. The van der Waals surface area contributed by atoms with Crippen molar-refractivity contribution in [3.8, 4) is 0 Å². The van der Waals surface area contributed by atoms with Gasteiger partial charge in [0.05, 0.1) is 0 Å². The van der Waals surface area contributed by atoms with Crippen molar-refractivity contribution in [3.05, 3.63) is 35.9 Å². The van der Waals surface area contributed by atoms with Crippen LogP contribution in [0, 0.1) is 0 Å². The van der Waals surface area contributed by atoms with Gasteiger partial charge in [0, 0.05) is 73.1 Å². The van der Waals surface area contributed by atoms with Gasteiger partial charge in [-0.1, -0.05) is 30.3 Å². The number of guanidine groups is 1. The number of hydrogen-bond acceptors (Lipinski definition) is 5. The van der Waals surface area contributed by atoms with Crippen LogP contribution in [0.4, 0.5) is 0 Å². The number of carbonyl (C=O) groups is 1. The molecule has 0 radical (unpaired) electrons. The molecule has 1 heterocycles. The van der Waals surface area contributed by atoms with Gasteiger partial charge in [0.2, 0.25) is 5.91 Å². The molecule has 9 heteroatoms. The molecule has 1 aromatic rings. The second-order valence-electron chi connectivity index (χ2n) is 8.71. The second-order valence-corrected chi connectivity index (χ2v) is 8.71. The summed E-state index contributed by atoms with van der Waals surface area (Å²) in [7, 11) is 7.36. The number of piperidine rings is 1. The molecule has 1 saturated heterocycles. The largest absolute Gasteiger partial charge is 0.385 e. The van der Waals surface area contributed by atoms with Gasteiger partial charge in [-0.05, 0) is 31.9 Å². The Kier molecular flexibility index (Phi) is 15.3. The summed E-state index contributed by atoms with van der Waals surface area (Å²) in [6.45, 7) is 6.71. The highest BCUT2D eigenvalue weighted by Gasteiger charge is 2.20. The molecule has 0 saturated carbocycles. The van der Waals surface area contributed by atoms with E-state index in [2.05, 4.69) is 62.8 Å². The Morgan fingerprint density at radius 1 is 1.15 bits per heavy atom. The number of likely N-dealkylation sites (tertiary alicyclic amines) is 1. The molecule has 1 aliphatic rings. The van der Waals surface area contributed by atoms with E-state index in [4.69, 9.17) is 4.74 Å². The summed E-state index contributed by atoms with van der Waals surface area (Å²) in [5, 5.41) is 6.98. The van der Waals surface area contributed by atoms with E-state index in [1.807, 2.05) is 0 Å². The standard InChI is InChI=1S/C24H42N6O2.HI/c1-28(2)23(31)19-26-24(25-13-17-29(3)14-8-18-32-4)27-22-11-15-30(16-12-22)20-21-9-6-5-7-10-21;/h5-7,9-10,22H,8,11-20H2,1-4H3,(H2,25,26,27);1H. The van der Waals surface area contributed by atoms with Gasteiger partial charge in [0.25, 0.3) is 0 Å². The quantitative estimate of drug-likeness (QED) is 0.172. The van der Waals surface area contributed by atoms with Crippen LogP contribution in [0.1, 0.15) is 24.8 Å². The van der Waals surface area contributed by atoms with Gasteiger partial charge < -0.3 is 25.2 Å². The molecular formula is C24H43IN6O2. The van der Waals surface area contributed by atoms with Crippen LogP contribution in [0.25, 0.3) is 0 Å². The Morgan fingerprint density at radius 2 is 1.85 bits per heavy atom. The molecule has 2 N–H and O–H groups in total. The van der Waals surface area contributed by atoms with Gasteiger partial charge in [-0.3, -0.25) is 9.69 Å². The van der Waals surface area contributed by atoms with Gasteiger partial charge in [-0.15, -0.1) is 24.0 Å². The first-order chi connectivity index (χ1) is 15.5. The van der Waals surface area contributed by atoms with Crippen LogP contribution < -0.4 is 10.6 Å². The van der Waals surface area contributed by atoms with E-state index < -0.39 is 0 Å². The molecule has 0 aliphatic carbocycles. The molecule has 0 spiro atoms. The van der Waals surface area contributed by atoms with E-state index in [0.717, 1.165) is 71.1 Å². The van der Waals surface area contributed by atoms with Crippen molar-refractivity contribution in [2.75, 3.05) is 74.1 Å². The smallest absolute Gasteiger partial charge is 0.243 e. The van der Waals surface area contributed by atoms with Crippen molar-refractivity contribution in [3.63, 3.8) is 0 Å². The van der Waals surface area contributed by atoms with Crippen molar-refractivity contribution in [1.82, 2.24) is 25.3 Å². The molecule has 33 heavy (non-hydrogen) atoms.